The minimum atomic E-state index is -3.72. The van der Waals surface area contributed by atoms with E-state index < -0.39 is 37.7 Å². The Morgan fingerprint density at radius 1 is 1.05 bits per heavy atom. The van der Waals surface area contributed by atoms with E-state index in [0.717, 1.165) is 5.56 Å². The van der Waals surface area contributed by atoms with Gasteiger partial charge in [-0.15, -0.1) is 0 Å². The molecule has 0 spiro atoms. The summed E-state index contributed by atoms with van der Waals surface area (Å²) >= 11 is 0. The molecule has 0 aromatic heterocycles. The number of rotatable bonds is 8. The molecule has 42 heavy (non-hydrogen) atoms. The molecule has 4 atom stereocenters. The SMILES string of the molecule is CC(=O)NC1(C(=O)NC(C)(C)C)C[C@@]2(C)CN(S(=O)(=O)c3ccc(C)cc3)C[C@H]2C1CCCB1OC(C)(C)C(C)(C)O1. The van der Waals surface area contributed by atoms with Crippen LogP contribution in [0.4, 0.5) is 0 Å². The predicted molar refractivity (Wildman–Crippen MR) is 164 cm³/mol. The Kier molecular flexibility index (Phi) is 8.55. The third kappa shape index (κ3) is 6.17. The normalized spacial score (nSPS) is 30.8. The van der Waals surface area contributed by atoms with Gasteiger partial charge in [0.25, 0.3) is 0 Å². The van der Waals surface area contributed by atoms with Crippen LogP contribution in [0, 0.1) is 24.2 Å². The molecule has 2 heterocycles. The van der Waals surface area contributed by atoms with Gasteiger partial charge >= 0.3 is 7.12 Å². The Hall–Kier alpha value is -1.95. The van der Waals surface area contributed by atoms with Crippen molar-refractivity contribution < 1.29 is 27.3 Å². The first-order chi connectivity index (χ1) is 19.1. The highest BCUT2D eigenvalue weighted by Crippen LogP contribution is 2.58. The zero-order valence-electron chi connectivity index (χ0n) is 27.1. The monoisotopic (exact) mass is 603 g/mol. The summed E-state index contributed by atoms with van der Waals surface area (Å²) in [6, 6.07) is 6.93. The lowest BCUT2D eigenvalue weighted by molar-refractivity contribution is -0.136. The molecule has 2 N–H and O–H groups in total. The fourth-order valence-corrected chi connectivity index (χ4v) is 8.82. The number of sulfonamides is 1. The smallest absolute Gasteiger partial charge is 0.403 e. The number of nitrogens with zero attached hydrogens (tertiary/aromatic N) is 1. The van der Waals surface area contributed by atoms with E-state index in [1.165, 1.54) is 6.92 Å². The molecular formula is C31H50BN3O6S. The molecule has 2 amide bonds. The number of nitrogens with one attached hydrogen (secondary N) is 2. The maximum Gasteiger partial charge on any atom is 0.457 e. The van der Waals surface area contributed by atoms with Crippen LogP contribution in [0.1, 0.15) is 87.1 Å². The number of carbonyl (C=O) groups excluding carboxylic acids is 2. The fourth-order valence-electron chi connectivity index (χ4n) is 7.22. The number of benzene rings is 1. The van der Waals surface area contributed by atoms with E-state index in [9.17, 15) is 18.0 Å². The number of carbonyl (C=O) groups is 2. The van der Waals surface area contributed by atoms with Gasteiger partial charge in [-0.3, -0.25) is 9.59 Å². The standard InChI is InChI=1S/C31H50BN3O6S/c1-21-13-15-23(16-14-21)42(38,39)35-18-25-24(12-11-17-32-40-28(6,7)29(8,9)41-32)31(33-22(2)36,19-30(25,10)20-35)26(37)34-27(3,4)5/h13-16,24-25H,11-12,17-20H2,1-10H3,(H,33,36)(H,34,37)/t24?,25-,30-,31?/m0/s1. The largest absolute Gasteiger partial charge is 0.457 e. The number of fused-ring (bicyclic) bond motifs is 1. The molecule has 234 valence electrons. The van der Waals surface area contributed by atoms with E-state index >= 15 is 0 Å². The van der Waals surface area contributed by atoms with Crippen molar-refractivity contribution in [3.05, 3.63) is 29.8 Å². The third-order valence-electron chi connectivity index (χ3n) is 9.84. The lowest BCUT2D eigenvalue weighted by Gasteiger charge is -2.39. The summed E-state index contributed by atoms with van der Waals surface area (Å²) in [5.41, 5.74) is -2.06. The van der Waals surface area contributed by atoms with Gasteiger partial charge in [0.05, 0.1) is 16.1 Å². The molecule has 0 bridgehead atoms. The van der Waals surface area contributed by atoms with Gasteiger partial charge in [0.15, 0.2) is 0 Å². The second-order valence-electron chi connectivity index (χ2n) is 15.1. The van der Waals surface area contributed by atoms with Gasteiger partial charge in [-0.25, -0.2) is 8.42 Å². The van der Waals surface area contributed by atoms with Crippen molar-refractivity contribution in [2.75, 3.05) is 13.1 Å². The zero-order chi connectivity index (χ0) is 31.5. The molecule has 0 radical (unpaired) electrons. The van der Waals surface area contributed by atoms with E-state index in [2.05, 4.69) is 17.6 Å². The first-order valence-electron chi connectivity index (χ1n) is 15.2. The van der Waals surface area contributed by atoms with Gasteiger partial charge in [0, 0.05) is 25.6 Å². The average molecular weight is 604 g/mol. The minimum Gasteiger partial charge on any atom is -0.403 e. The first-order valence-corrected chi connectivity index (χ1v) is 16.6. The number of hydrogen-bond donors (Lipinski definition) is 2. The van der Waals surface area contributed by atoms with Gasteiger partial charge in [-0.05, 0) is 104 Å². The van der Waals surface area contributed by atoms with E-state index in [0.29, 0.717) is 25.6 Å². The lowest BCUT2D eigenvalue weighted by Crippen LogP contribution is -2.64. The third-order valence-corrected chi connectivity index (χ3v) is 11.7. The molecule has 3 aliphatic rings. The van der Waals surface area contributed by atoms with Crippen LogP contribution in [0.15, 0.2) is 29.2 Å². The molecule has 2 aliphatic heterocycles. The van der Waals surface area contributed by atoms with Crippen molar-refractivity contribution in [3.8, 4) is 0 Å². The molecule has 1 aliphatic carbocycles. The van der Waals surface area contributed by atoms with Gasteiger partial charge < -0.3 is 19.9 Å². The highest BCUT2D eigenvalue weighted by atomic mass is 32.2. The van der Waals surface area contributed by atoms with E-state index in [4.69, 9.17) is 9.31 Å². The van der Waals surface area contributed by atoms with Crippen LogP contribution in [0.5, 0.6) is 0 Å². The maximum absolute atomic E-state index is 14.1. The first kappa shape index (κ1) is 33.0. The maximum atomic E-state index is 14.1. The second-order valence-corrected chi connectivity index (χ2v) is 17.1. The predicted octanol–water partition coefficient (Wildman–Crippen LogP) is 4.30. The van der Waals surface area contributed by atoms with Crippen LogP contribution in [-0.2, 0) is 28.9 Å². The number of amides is 2. The van der Waals surface area contributed by atoms with Gasteiger partial charge in [-0.2, -0.15) is 4.31 Å². The molecule has 1 aromatic carbocycles. The van der Waals surface area contributed by atoms with E-state index in [1.807, 2.05) is 67.5 Å². The molecule has 2 saturated heterocycles. The lowest BCUT2D eigenvalue weighted by atomic mass is 9.74. The van der Waals surface area contributed by atoms with Crippen LogP contribution in [0.3, 0.4) is 0 Å². The summed E-state index contributed by atoms with van der Waals surface area (Å²) in [6.07, 6.45) is 2.30. The topological polar surface area (TPSA) is 114 Å². The molecule has 1 aromatic rings. The Bertz CT molecular complexity index is 1290. The number of hydrogen-bond acceptors (Lipinski definition) is 6. The highest BCUT2D eigenvalue weighted by molar-refractivity contribution is 7.89. The van der Waals surface area contributed by atoms with Crippen molar-refractivity contribution in [1.82, 2.24) is 14.9 Å². The molecule has 1 saturated carbocycles. The van der Waals surface area contributed by atoms with Crippen LogP contribution < -0.4 is 10.6 Å². The van der Waals surface area contributed by atoms with Gasteiger partial charge in [0.2, 0.25) is 21.8 Å². The van der Waals surface area contributed by atoms with Crippen LogP contribution >= 0.6 is 0 Å². The molecule has 11 heteroatoms. The van der Waals surface area contributed by atoms with Crippen molar-refractivity contribution in [2.45, 2.75) is 122 Å². The summed E-state index contributed by atoms with van der Waals surface area (Å²) < 4.78 is 41.5. The summed E-state index contributed by atoms with van der Waals surface area (Å²) in [5.74, 6) is -0.903. The average Bonchev–Trinajstić information content (AvgIpc) is 3.35. The summed E-state index contributed by atoms with van der Waals surface area (Å²) in [7, 11) is -4.09. The Balaban J connectivity index is 1.65. The molecular weight excluding hydrogens is 553 g/mol. The Morgan fingerprint density at radius 3 is 2.14 bits per heavy atom. The second kappa shape index (κ2) is 10.9. The van der Waals surface area contributed by atoms with Crippen LogP contribution in [-0.4, -0.2) is 67.0 Å². The molecule has 9 nitrogen and oxygen atoms in total. The Morgan fingerprint density at radius 2 is 1.62 bits per heavy atom. The molecule has 2 unspecified atom stereocenters. The summed E-state index contributed by atoms with van der Waals surface area (Å²) in [4.78, 5) is 27.1. The highest BCUT2D eigenvalue weighted by Gasteiger charge is 2.66. The van der Waals surface area contributed by atoms with Crippen molar-refractivity contribution in [3.63, 3.8) is 0 Å². The Labute approximate surface area is 253 Å². The summed E-state index contributed by atoms with van der Waals surface area (Å²) in [5, 5.41) is 6.23. The van der Waals surface area contributed by atoms with Crippen molar-refractivity contribution >= 4 is 29.0 Å². The van der Waals surface area contributed by atoms with Crippen molar-refractivity contribution in [2.24, 2.45) is 17.3 Å². The molecule has 3 fully saturated rings. The summed E-state index contributed by atoms with van der Waals surface area (Å²) in [6.45, 7) is 19.9. The quantitative estimate of drug-likeness (QED) is 0.429. The van der Waals surface area contributed by atoms with Crippen molar-refractivity contribution in [1.29, 1.82) is 0 Å². The minimum absolute atomic E-state index is 0.131. The zero-order valence-corrected chi connectivity index (χ0v) is 27.9. The number of aryl methyl sites for hydroxylation is 1. The van der Waals surface area contributed by atoms with Gasteiger partial charge in [-0.1, -0.05) is 31.0 Å². The van der Waals surface area contributed by atoms with Crippen LogP contribution in [0.2, 0.25) is 6.32 Å². The molecule has 4 rings (SSSR count). The van der Waals surface area contributed by atoms with Crippen LogP contribution in [0.25, 0.3) is 0 Å². The van der Waals surface area contributed by atoms with E-state index in [1.54, 1.807) is 16.4 Å². The van der Waals surface area contributed by atoms with E-state index in [-0.39, 0.29) is 48.8 Å². The van der Waals surface area contributed by atoms with Gasteiger partial charge in [0.1, 0.15) is 5.54 Å². The fraction of sp³-hybridized carbons (Fsp3) is 0.742.